The van der Waals surface area contributed by atoms with Crippen LogP contribution in [0.15, 0.2) is 59.5 Å². The summed E-state index contributed by atoms with van der Waals surface area (Å²) in [6.45, 7) is 2.25. The Hall–Kier alpha value is -2.39. The summed E-state index contributed by atoms with van der Waals surface area (Å²) in [4.78, 5) is 16.2. The molecule has 1 saturated heterocycles. The van der Waals surface area contributed by atoms with Crippen molar-refractivity contribution in [1.29, 1.82) is 0 Å². The van der Waals surface area contributed by atoms with Crippen molar-refractivity contribution in [2.75, 3.05) is 31.9 Å². The Morgan fingerprint density at radius 1 is 0.933 bits per heavy atom. The largest absolute Gasteiger partial charge is 0.416 e. The normalized spacial score (nSPS) is 15.9. The molecular weight excluding hydrogens is 417 g/mol. The van der Waals surface area contributed by atoms with E-state index in [-0.39, 0.29) is 23.0 Å². The fraction of sp³-hybridized carbons (Fsp3) is 0.381. The molecule has 1 aliphatic heterocycles. The van der Waals surface area contributed by atoms with Crippen LogP contribution < -0.4 is 0 Å². The Labute approximate surface area is 174 Å². The lowest BCUT2D eigenvalue weighted by Gasteiger charge is -2.35. The average molecular weight is 440 g/mol. The maximum atomic E-state index is 12.9. The Bertz CT molecular complexity index is 970. The monoisotopic (exact) mass is 440 g/mol. The van der Waals surface area contributed by atoms with Gasteiger partial charge < -0.3 is 4.90 Å². The van der Waals surface area contributed by atoms with Gasteiger partial charge in [-0.3, -0.25) is 9.69 Å². The summed E-state index contributed by atoms with van der Waals surface area (Å²) in [5, 5.41) is 0. The second kappa shape index (κ2) is 9.18. The number of halogens is 3. The highest BCUT2D eigenvalue weighted by atomic mass is 32.2. The number of hydrogen-bond donors (Lipinski definition) is 0. The smallest absolute Gasteiger partial charge is 0.340 e. The molecule has 0 bridgehead atoms. The number of benzene rings is 2. The number of rotatable bonds is 6. The predicted molar refractivity (Wildman–Crippen MR) is 106 cm³/mol. The molecule has 0 unspecified atom stereocenters. The zero-order chi connectivity index (χ0) is 21.8. The van der Waals surface area contributed by atoms with Gasteiger partial charge in [-0.25, -0.2) is 8.42 Å². The molecule has 9 heteroatoms. The van der Waals surface area contributed by atoms with E-state index in [0.717, 1.165) is 12.1 Å². The first-order chi connectivity index (χ1) is 14.1. The van der Waals surface area contributed by atoms with Crippen LogP contribution in [0.1, 0.15) is 17.5 Å². The van der Waals surface area contributed by atoms with E-state index in [1.807, 2.05) is 4.90 Å². The molecule has 0 aromatic heterocycles. The van der Waals surface area contributed by atoms with E-state index < -0.39 is 21.6 Å². The van der Waals surface area contributed by atoms with Crippen molar-refractivity contribution < 1.29 is 26.4 Å². The van der Waals surface area contributed by atoms with Crippen LogP contribution in [0.4, 0.5) is 13.2 Å². The molecule has 3 rings (SSSR count). The average Bonchev–Trinajstić information content (AvgIpc) is 2.73. The molecule has 162 valence electrons. The van der Waals surface area contributed by atoms with Crippen molar-refractivity contribution >= 4 is 15.7 Å². The number of carbonyl (C=O) groups is 1. The lowest BCUT2D eigenvalue weighted by Crippen LogP contribution is -2.48. The van der Waals surface area contributed by atoms with Gasteiger partial charge in [0.15, 0.2) is 9.84 Å². The third-order valence-electron chi connectivity index (χ3n) is 5.07. The molecule has 0 aliphatic carbocycles. The summed E-state index contributed by atoms with van der Waals surface area (Å²) in [7, 11) is -3.51. The third-order valence-corrected chi connectivity index (χ3v) is 6.80. The highest BCUT2D eigenvalue weighted by molar-refractivity contribution is 7.91. The van der Waals surface area contributed by atoms with Crippen LogP contribution in [0.25, 0.3) is 0 Å². The summed E-state index contributed by atoms with van der Waals surface area (Å²) in [6, 6.07) is 13.3. The number of hydrogen-bond acceptors (Lipinski definition) is 4. The van der Waals surface area contributed by atoms with Crippen molar-refractivity contribution in [3.05, 3.63) is 65.7 Å². The molecule has 0 atom stereocenters. The van der Waals surface area contributed by atoms with Crippen molar-refractivity contribution in [3.8, 4) is 0 Å². The maximum Gasteiger partial charge on any atom is 0.416 e. The zero-order valence-corrected chi connectivity index (χ0v) is 17.1. The Morgan fingerprint density at radius 2 is 1.60 bits per heavy atom. The molecule has 0 radical (unpaired) electrons. The fourth-order valence-electron chi connectivity index (χ4n) is 3.39. The molecule has 0 N–H and O–H groups in total. The summed E-state index contributed by atoms with van der Waals surface area (Å²) in [5.41, 5.74) is -0.105. The molecule has 0 saturated carbocycles. The van der Waals surface area contributed by atoms with E-state index in [0.29, 0.717) is 38.3 Å². The molecule has 0 spiro atoms. The van der Waals surface area contributed by atoms with Crippen molar-refractivity contribution in [3.63, 3.8) is 0 Å². The molecule has 1 amide bonds. The number of carbonyl (C=O) groups excluding carboxylic acids is 1. The lowest BCUT2D eigenvalue weighted by atomic mass is 10.1. The first kappa shape index (κ1) is 22.3. The quantitative estimate of drug-likeness (QED) is 0.692. The summed E-state index contributed by atoms with van der Waals surface area (Å²) >= 11 is 0. The van der Waals surface area contributed by atoms with E-state index in [4.69, 9.17) is 0 Å². The lowest BCUT2D eigenvalue weighted by molar-refractivity contribution is -0.137. The van der Waals surface area contributed by atoms with Crippen LogP contribution in [-0.4, -0.2) is 56.1 Å². The Morgan fingerprint density at radius 3 is 2.23 bits per heavy atom. The minimum absolute atomic E-state index is 0.0924. The van der Waals surface area contributed by atoms with E-state index in [1.165, 1.54) is 18.2 Å². The minimum Gasteiger partial charge on any atom is -0.340 e. The number of alkyl halides is 3. The number of sulfone groups is 1. The number of piperazine rings is 1. The maximum absolute atomic E-state index is 12.9. The van der Waals surface area contributed by atoms with Gasteiger partial charge in [-0.1, -0.05) is 36.4 Å². The second-order valence-electron chi connectivity index (χ2n) is 7.24. The standard InChI is InChI=1S/C21H23F3N2O3S/c22-21(23,24)18-6-4-5-17(15-18)16-25-10-12-26(13-11-25)20(27)9-14-30(28,29)19-7-2-1-3-8-19/h1-8,15H,9-14,16H2. The topological polar surface area (TPSA) is 57.7 Å². The van der Waals surface area contributed by atoms with Gasteiger partial charge in [0.2, 0.25) is 5.91 Å². The van der Waals surface area contributed by atoms with Crippen LogP contribution in [0, 0.1) is 0 Å². The Kier molecular flexibility index (Phi) is 6.82. The van der Waals surface area contributed by atoms with Gasteiger partial charge in [-0.2, -0.15) is 13.2 Å². The zero-order valence-electron chi connectivity index (χ0n) is 16.3. The van der Waals surface area contributed by atoms with Crippen LogP contribution >= 0.6 is 0 Å². The van der Waals surface area contributed by atoms with E-state index in [1.54, 1.807) is 29.2 Å². The van der Waals surface area contributed by atoms with Gasteiger partial charge in [-0.15, -0.1) is 0 Å². The first-order valence-electron chi connectivity index (χ1n) is 9.59. The van der Waals surface area contributed by atoms with Crippen LogP contribution in [0.3, 0.4) is 0 Å². The molecule has 1 fully saturated rings. The third kappa shape index (κ3) is 5.82. The van der Waals surface area contributed by atoms with Crippen molar-refractivity contribution in [2.24, 2.45) is 0 Å². The second-order valence-corrected chi connectivity index (χ2v) is 9.35. The van der Waals surface area contributed by atoms with Crippen LogP contribution in [-0.2, 0) is 27.4 Å². The molecule has 30 heavy (non-hydrogen) atoms. The summed E-state index contributed by atoms with van der Waals surface area (Å²) in [6.07, 6.45) is -4.47. The molecule has 2 aromatic carbocycles. The fourth-order valence-corrected chi connectivity index (χ4v) is 4.64. The van der Waals surface area contributed by atoms with Crippen LogP contribution in [0.2, 0.25) is 0 Å². The van der Waals surface area contributed by atoms with Gasteiger partial charge in [0.25, 0.3) is 0 Å². The highest BCUT2D eigenvalue weighted by Gasteiger charge is 2.30. The van der Waals surface area contributed by atoms with Crippen LogP contribution in [0.5, 0.6) is 0 Å². The van der Waals surface area contributed by atoms with E-state index >= 15 is 0 Å². The Balaban J connectivity index is 1.49. The number of nitrogens with zero attached hydrogens (tertiary/aromatic N) is 2. The molecule has 1 heterocycles. The summed E-state index contributed by atoms with van der Waals surface area (Å²) in [5.74, 6) is -0.478. The van der Waals surface area contributed by atoms with Crippen molar-refractivity contribution in [2.45, 2.75) is 24.0 Å². The molecule has 5 nitrogen and oxygen atoms in total. The van der Waals surface area contributed by atoms with Gasteiger partial charge in [0, 0.05) is 39.1 Å². The molecule has 1 aliphatic rings. The molecular formula is C21H23F3N2O3S. The minimum atomic E-state index is -4.37. The molecule has 2 aromatic rings. The summed E-state index contributed by atoms with van der Waals surface area (Å²) < 4.78 is 63.2. The van der Waals surface area contributed by atoms with E-state index in [2.05, 4.69) is 0 Å². The van der Waals surface area contributed by atoms with Gasteiger partial charge in [-0.05, 0) is 23.8 Å². The van der Waals surface area contributed by atoms with Gasteiger partial charge in [0.1, 0.15) is 0 Å². The predicted octanol–water partition coefficient (Wildman–Crippen LogP) is 3.21. The van der Waals surface area contributed by atoms with Gasteiger partial charge >= 0.3 is 6.18 Å². The van der Waals surface area contributed by atoms with Crippen molar-refractivity contribution in [1.82, 2.24) is 9.80 Å². The first-order valence-corrected chi connectivity index (χ1v) is 11.2. The van der Waals surface area contributed by atoms with E-state index in [9.17, 15) is 26.4 Å². The van der Waals surface area contributed by atoms with Gasteiger partial charge in [0.05, 0.1) is 16.2 Å². The highest BCUT2D eigenvalue weighted by Crippen LogP contribution is 2.29. The SMILES string of the molecule is O=C(CCS(=O)(=O)c1ccccc1)N1CCN(Cc2cccc(C(F)(F)F)c2)CC1. The number of amides is 1.